The van der Waals surface area contributed by atoms with Crippen LogP contribution in [-0.2, 0) is 21.4 Å². The number of piperidine rings is 1. The summed E-state index contributed by atoms with van der Waals surface area (Å²) in [6.07, 6.45) is 5.27. The van der Waals surface area contributed by atoms with Crippen LogP contribution in [0.15, 0.2) is 26.3 Å². The minimum Gasteiger partial charge on any atom is -0.310 e. The van der Waals surface area contributed by atoms with Crippen LogP contribution in [0.1, 0.15) is 31.2 Å². The maximum absolute atomic E-state index is 12.8. The Morgan fingerprint density at radius 2 is 2.00 bits per heavy atom. The summed E-state index contributed by atoms with van der Waals surface area (Å²) in [6.45, 7) is 3.50. The van der Waals surface area contributed by atoms with Crippen molar-refractivity contribution in [1.82, 2.24) is 14.1 Å². The van der Waals surface area contributed by atoms with Crippen molar-refractivity contribution in [2.45, 2.75) is 43.4 Å². The van der Waals surface area contributed by atoms with E-state index in [4.69, 9.17) is 0 Å². The number of aromatic nitrogens is 2. The number of nitrogens with one attached hydrogen (secondary N) is 1. The van der Waals surface area contributed by atoms with E-state index in [-0.39, 0.29) is 11.8 Å². The molecule has 2 aromatic rings. The second-order valence-corrected chi connectivity index (χ2v) is 12.2. The standard InChI is InChI=1S/C18H23BrN4O3S2/c1-12-10-20-23(11-13-2-3-13)17(12)21-18(24)14-6-8-22(9-7-14)28(25,26)16-5-4-15(19)27-16/h4-5,10,13-14H,2-3,6-9,11H2,1H3,(H,21,24). The topological polar surface area (TPSA) is 84.3 Å². The molecule has 1 N–H and O–H groups in total. The molecule has 152 valence electrons. The lowest BCUT2D eigenvalue weighted by molar-refractivity contribution is -0.121. The van der Waals surface area contributed by atoms with Crippen LogP contribution in [0.4, 0.5) is 5.82 Å². The molecule has 0 spiro atoms. The summed E-state index contributed by atoms with van der Waals surface area (Å²) in [4.78, 5) is 12.8. The van der Waals surface area contributed by atoms with Gasteiger partial charge in [0, 0.05) is 31.1 Å². The average molecular weight is 487 g/mol. The van der Waals surface area contributed by atoms with Gasteiger partial charge in [-0.05, 0) is 66.6 Å². The molecule has 2 aromatic heterocycles. The zero-order valence-corrected chi connectivity index (χ0v) is 18.8. The normalized spacial score (nSPS) is 19.1. The van der Waals surface area contributed by atoms with Crippen LogP contribution in [0, 0.1) is 18.8 Å². The molecule has 10 heteroatoms. The van der Waals surface area contributed by atoms with Gasteiger partial charge in [0.15, 0.2) is 0 Å². The number of sulfonamides is 1. The second-order valence-electron chi connectivity index (χ2n) is 7.53. The van der Waals surface area contributed by atoms with Gasteiger partial charge in [0.05, 0.1) is 9.98 Å². The lowest BCUT2D eigenvalue weighted by Crippen LogP contribution is -2.41. The highest BCUT2D eigenvalue weighted by molar-refractivity contribution is 9.11. The van der Waals surface area contributed by atoms with Crippen molar-refractivity contribution < 1.29 is 13.2 Å². The summed E-state index contributed by atoms with van der Waals surface area (Å²) in [5, 5.41) is 7.43. The highest BCUT2D eigenvalue weighted by atomic mass is 79.9. The summed E-state index contributed by atoms with van der Waals surface area (Å²) < 4.78 is 30.0. The van der Waals surface area contributed by atoms with Crippen molar-refractivity contribution in [2.24, 2.45) is 11.8 Å². The van der Waals surface area contributed by atoms with Gasteiger partial charge in [0.1, 0.15) is 10.0 Å². The molecular weight excluding hydrogens is 464 g/mol. The zero-order valence-electron chi connectivity index (χ0n) is 15.6. The minimum absolute atomic E-state index is 0.0448. The number of hydrogen-bond donors (Lipinski definition) is 1. The van der Waals surface area contributed by atoms with Gasteiger partial charge in [-0.3, -0.25) is 4.79 Å². The summed E-state index contributed by atoms with van der Waals surface area (Å²) in [5.74, 6) is 1.21. The molecule has 4 rings (SSSR count). The third kappa shape index (κ3) is 4.19. The van der Waals surface area contributed by atoms with Crippen LogP contribution in [0.2, 0.25) is 0 Å². The van der Waals surface area contributed by atoms with E-state index in [0.29, 0.717) is 36.1 Å². The van der Waals surface area contributed by atoms with Crippen LogP contribution in [-0.4, -0.2) is 41.5 Å². The Hall–Kier alpha value is -1.23. The first-order chi connectivity index (χ1) is 13.3. The molecule has 7 nitrogen and oxygen atoms in total. The molecule has 0 bridgehead atoms. The van der Waals surface area contributed by atoms with Gasteiger partial charge in [0.25, 0.3) is 10.0 Å². The Morgan fingerprint density at radius 1 is 1.29 bits per heavy atom. The van der Waals surface area contributed by atoms with Gasteiger partial charge in [-0.25, -0.2) is 13.1 Å². The minimum atomic E-state index is -3.48. The molecule has 0 unspecified atom stereocenters. The van der Waals surface area contributed by atoms with Crippen molar-refractivity contribution in [1.29, 1.82) is 0 Å². The molecule has 0 radical (unpaired) electrons. The van der Waals surface area contributed by atoms with E-state index in [1.807, 2.05) is 11.6 Å². The smallest absolute Gasteiger partial charge is 0.252 e. The second kappa shape index (κ2) is 7.89. The van der Waals surface area contributed by atoms with Crippen LogP contribution >= 0.6 is 27.3 Å². The predicted octanol–water partition coefficient (Wildman–Crippen LogP) is 3.46. The van der Waals surface area contributed by atoms with Gasteiger partial charge in [-0.15, -0.1) is 11.3 Å². The largest absolute Gasteiger partial charge is 0.310 e. The Bertz CT molecular complexity index is 973. The van der Waals surface area contributed by atoms with Crippen molar-refractivity contribution in [2.75, 3.05) is 18.4 Å². The number of carbonyl (C=O) groups excluding carboxylic acids is 1. The molecule has 3 heterocycles. The van der Waals surface area contributed by atoms with Gasteiger partial charge in [-0.2, -0.15) is 9.40 Å². The van der Waals surface area contributed by atoms with Crippen molar-refractivity contribution >= 4 is 49.0 Å². The van der Waals surface area contributed by atoms with E-state index in [1.165, 1.54) is 28.5 Å². The Kier molecular flexibility index (Phi) is 5.65. The van der Waals surface area contributed by atoms with E-state index in [0.717, 1.165) is 21.7 Å². The van der Waals surface area contributed by atoms with E-state index in [9.17, 15) is 13.2 Å². The number of thiophene rings is 1. The molecule has 1 amide bonds. The highest BCUT2D eigenvalue weighted by Gasteiger charge is 2.33. The Balaban J connectivity index is 1.37. The molecule has 1 saturated heterocycles. The van der Waals surface area contributed by atoms with Gasteiger partial charge < -0.3 is 5.32 Å². The van der Waals surface area contributed by atoms with Crippen molar-refractivity contribution in [3.05, 3.63) is 27.7 Å². The first-order valence-corrected chi connectivity index (χ1v) is 12.5. The van der Waals surface area contributed by atoms with Crippen LogP contribution < -0.4 is 5.32 Å². The van der Waals surface area contributed by atoms with Crippen LogP contribution in [0.3, 0.4) is 0 Å². The van der Waals surface area contributed by atoms with Crippen molar-refractivity contribution in [3.8, 4) is 0 Å². The van der Waals surface area contributed by atoms with E-state index in [1.54, 1.807) is 18.3 Å². The summed E-state index contributed by atoms with van der Waals surface area (Å²) in [5.41, 5.74) is 0.956. The quantitative estimate of drug-likeness (QED) is 0.677. The average Bonchev–Trinajstić information content (AvgIpc) is 3.29. The molecule has 1 aliphatic heterocycles. The molecular formula is C18H23BrN4O3S2. The van der Waals surface area contributed by atoms with Gasteiger partial charge in [-0.1, -0.05) is 0 Å². The Morgan fingerprint density at radius 3 is 2.61 bits per heavy atom. The van der Waals surface area contributed by atoms with Crippen LogP contribution in [0.5, 0.6) is 0 Å². The number of carbonyl (C=O) groups is 1. The Labute approximate surface area is 177 Å². The fourth-order valence-corrected chi connectivity index (χ4v) is 7.10. The molecule has 2 aliphatic rings. The SMILES string of the molecule is Cc1cnn(CC2CC2)c1NC(=O)C1CCN(S(=O)(=O)c2ccc(Br)s2)CC1. The lowest BCUT2D eigenvalue weighted by Gasteiger charge is -2.30. The van der Waals surface area contributed by atoms with Gasteiger partial charge in [0.2, 0.25) is 5.91 Å². The third-order valence-electron chi connectivity index (χ3n) is 5.36. The first kappa shape index (κ1) is 20.1. The fraction of sp³-hybridized carbons (Fsp3) is 0.556. The number of rotatable bonds is 6. The third-order valence-corrected chi connectivity index (χ3v) is 9.35. The molecule has 1 saturated carbocycles. The molecule has 0 aromatic carbocycles. The molecule has 0 atom stereocenters. The number of amides is 1. The van der Waals surface area contributed by atoms with Crippen LogP contribution in [0.25, 0.3) is 0 Å². The zero-order chi connectivity index (χ0) is 19.9. The summed E-state index contributed by atoms with van der Waals surface area (Å²) >= 11 is 4.52. The lowest BCUT2D eigenvalue weighted by atomic mass is 9.97. The molecule has 2 fully saturated rings. The predicted molar refractivity (Wildman–Crippen MR) is 112 cm³/mol. The fourth-order valence-electron chi connectivity index (χ4n) is 3.47. The molecule has 1 aliphatic carbocycles. The van der Waals surface area contributed by atoms with Gasteiger partial charge >= 0.3 is 0 Å². The number of halogens is 1. The maximum atomic E-state index is 12.8. The van der Waals surface area contributed by atoms with E-state index in [2.05, 4.69) is 26.3 Å². The summed E-state index contributed by atoms with van der Waals surface area (Å²) in [7, 11) is -3.48. The van der Waals surface area contributed by atoms with E-state index >= 15 is 0 Å². The molecule has 28 heavy (non-hydrogen) atoms. The monoisotopic (exact) mass is 486 g/mol. The number of hydrogen-bond acceptors (Lipinski definition) is 5. The number of anilines is 1. The number of aryl methyl sites for hydroxylation is 1. The van der Waals surface area contributed by atoms with Crippen molar-refractivity contribution in [3.63, 3.8) is 0 Å². The first-order valence-electron chi connectivity index (χ1n) is 9.43. The highest BCUT2D eigenvalue weighted by Crippen LogP contribution is 2.33. The summed E-state index contributed by atoms with van der Waals surface area (Å²) in [6, 6.07) is 3.36. The van der Waals surface area contributed by atoms with E-state index < -0.39 is 10.0 Å². The maximum Gasteiger partial charge on any atom is 0.252 e. The number of nitrogens with zero attached hydrogens (tertiary/aromatic N) is 3.